The molecule has 346 valence electrons. The van der Waals surface area contributed by atoms with Crippen LogP contribution in [0.1, 0.15) is 19.4 Å². The molecule has 14 aromatic carbocycles. The first kappa shape index (κ1) is 43.4. The largest absolute Gasteiger partial charge is 0.0871 e. The predicted molar refractivity (Wildman–Crippen MR) is 322 cm³/mol. The Morgan fingerprint density at radius 1 is 0.243 bits per heavy atom. The zero-order valence-electron chi connectivity index (χ0n) is 41.4. The highest BCUT2D eigenvalue weighted by molar-refractivity contribution is 6.27. The number of hydrogen-bond acceptors (Lipinski definition) is 0. The quantitative estimate of drug-likeness (QED) is 0.110. The summed E-state index contributed by atoms with van der Waals surface area (Å²) in [6.07, 6.45) is 6.64. The van der Waals surface area contributed by atoms with Crippen molar-refractivity contribution in [2.24, 2.45) is 0 Å². The van der Waals surface area contributed by atoms with Crippen LogP contribution in [0.25, 0.3) is 147 Å². The molecular weight excluding hydrogens is 889 g/mol. The van der Waals surface area contributed by atoms with Crippen LogP contribution in [0.3, 0.4) is 0 Å². The summed E-state index contributed by atoms with van der Waals surface area (Å²) in [5, 5.41) is 19.8. The molecule has 0 unspecified atom stereocenters. The van der Waals surface area contributed by atoms with Crippen molar-refractivity contribution < 1.29 is 0 Å². The van der Waals surface area contributed by atoms with Gasteiger partial charge in [-0.25, -0.2) is 0 Å². The fourth-order valence-corrected chi connectivity index (χ4v) is 12.5. The zero-order valence-corrected chi connectivity index (χ0v) is 41.4. The molecule has 0 saturated heterocycles. The fourth-order valence-electron chi connectivity index (χ4n) is 12.5. The van der Waals surface area contributed by atoms with Gasteiger partial charge in [0.2, 0.25) is 0 Å². The van der Waals surface area contributed by atoms with Crippen LogP contribution in [0.5, 0.6) is 0 Å². The average Bonchev–Trinajstić information content (AvgIpc) is 3.48. The van der Waals surface area contributed by atoms with Crippen molar-refractivity contribution in [2.45, 2.75) is 13.8 Å². The van der Waals surface area contributed by atoms with E-state index in [1.54, 1.807) is 0 Å². The van der Waals surface area contributed by atoms with Gasteiger partial charge >= 0.3 is 0 Å². The standard InChI is InChI=1S/C74H50/c1-3-20-47(4-2)69-57-27-12-16-31-61(57)71(62-32-17-13-28-58(62)69)55-39-41-65-67(45-55)73(53-37-35-48-21-8-10-25-51(48)43-53)66-42-40-56(46-68(66)74(65)54-38-36-49-22-9-11-26-52(49)44-54)72-63-33-18-14-29-59(63)70(50-23-6-5-7-24-50)60-30-15-19-34-64(60)72/h3-46H,1-2H3/b20-3-,47-4+. The smallest absolute Gasteiger partial charge is 0.00259 e. The molecule has 0 spiro atoms. The summed E-state index contributed by atoms with van der Waals surface area (Å²) in [5.41, 5.74) is 14.8. The molecule has 0 amide bonds. The third kappa shape index (κ3) is 6.91. The van der Waals surface area contributed by atoms with Crippen molar-refractivity contribution in [1.82, 2.24) is 0 Å². The molecule has 0 saturated carbocycles. The van der Waals surface area contributed by atoms with Crippen molar-refractivity contribution in [2.75, 3.05) is 0 Å². The minimum atomic E-state index is 1.20. The summed E-state index contributed by atoms with van der Waals surface area (Å²) in [4.78, 5) is 0. The summed E-state index contributed by atoms with van der Waals surface area (Å²) in [5.74, 6) is 0. The van der Waals surface area contributed by atoms with E-state index in [-0.39, 0.29) is 0 Å². The molecule has 0 atom stereocenters. The Morgan fingerprint density at radius 3 is 0.973 bits per heavy atom. The number of hydrogen-bond donors (Lipinski definition) is 0. The van der Waals surface area contributed by atoms with Gasteiger partial charge in [0, 0.05) is 0 Å². The number of fused-ring (bicyclic) bond motifs is 8. The van der Waals surface area contributed by atoms with E-state index in [9.17, 15) is 0 Å². The normalized spacial score (nSPS) is 12.2. The first-order chi connectivity index (χ1) is 36.6. The van der Waals surface area contributed by atoms with Gasteiger partial charge in [0.1, 0.15) is 0 Å². The lowest BCUT2D eigenvalue weighted by Crippen LogP contribution is -1.95. The van der Waals surface area contributed by atoms with E-state index in [1.165, 1.54) is 153 Å². The van der Waals surface area contributed by atoms with Crippen molar-refractivity contribution in [3.05, 3.63) is 273 Å². The van der Waals surface area contributed by atoms with E-state index in [0.717, 1.165) is 0 Å². The van der Waals surface area contributed by atoms with Gasteiger partial charge in [-0.15, -0.1) is 0 Å². The molecular formula is C74H50. The van der Waals surface area contributed by atoms with Gasteiger partial charge in [-0.3, -0.25) is 0 Å². The van der Waals surface area contributed by atoms with Gasteiger partial charge in [-0.2, -0.15) is 0 Å². The predicted octanol–water partition coefficient (Wildman–Crippen LogP) is 21.2. The summed E-state index contributed by atoms with van der Waals surface area (Å²) >= 11 is 0. The Morgan fingerprint density at radius 2 is 0.554 bits per heavy atom. The highest BCUT2D eigenvalue weighted by Gasteiger charge is 2.23. The summed E-state index contributed by atoms with van der Waals surface area (Å²) in [6, 6.07) is 93.2. The van der Waals surface area contributed by atoms with Crippen LogP contribution in [-0.2, 0) is 0 Å². The Bertz CT molecular complexity index is 4550. The Kier molecular flexibility index (Phi) is 10.4. The van der Waals surface area contributed by atoms with Crippen LogP contribution in [0.2, 0.25) is 0 Å². The molecule has 0 aromatic heterocycles. The topological polar surface area (TPSA) is 0 Å². The molecule has 0 fully saturated rings. The molecule has 0 radical (unpaired) electrons. The first-order valence-electron chi connectivity index (χ1n) is 25.9. The number of allylic oxidation sites excluding steroid dienone is 4. The third-order valence-electron chi connectivity index (χ3n) is 15.6. The summed E-state index contributed by atoms with van der Waals surface area (Å²) in [6.45, 7) is 4.26. The highest BCUT2D eigenvalue weighted by atomic mass is 14.3. The van der Waals surface area contributed by atoms with Crippen LogP contribution < -0.4 is 0 Å². The van der Waals surface area contributed by atoms with Crippen LogP contribution in [0.15, 0.2) is 267 Å². The van der Waals surface area contributed by atoms with Crippen LogP contribution in [-0.4, -0.2) is 0 Å². The van der Waals surface area contributed by atoms with Gasteiger partial charge in [0.05, 0.1) is 0 Å². The maximum atomic E-state index is 2.51. The fraction of sp³-hybridized carbons (Fsp3) is 0.0270. The first-order valence-corrected chi connectivity index (χ1v) is 25.9. The summed E-state index contributed by atoms with van der Waals surface area (Å²) < 4.78 is 0. The molecule has 74 heavy (non-hydrogen) atoms. The van der Waals surface area contributed by atoms with E-state index >= 15 is 0 Å². The van der Waals surface area contributed by atoms with Gasteiger partial charge in [-0.05, 0) is 191 Å². The van der Waals surface area contributed by atoms with Crippen molar-refractivity contribution >= 4 is 91.8 Å². The van der Waals surface area contributed by atoms with Gasteiger partial charge < -0.3 is 0 Å². The summed E-state index contributed by atoms with van der Waals surface area (Å²) in [7, 11) is 0. The monoisotopic (exact) mass is 938 g/mol. The molecule has 0 bridgehead atoms. The SMILES string of the molecule is C/C=C\C(=C/C)c1c2ccccc2c(-c2ccc3c(-c4ccc5ccccc5c4)c4cc(-c5c6ccccc6c(-c6ccccc6)c6ccccc56)ccc4c(-c4ccc5ccccc5c4)c3c2)c2ccccc12. The molecule has 0 aliphatic rings. The molecule has 0 heterocycles. The van der Waals surface area contributed by atoms with Gasteiger partial charge in [-0.1, -0.05) is 243 Å². The molecule has 0 heteroatoms. The van der Waals surface area contributed by atoms with Gasteiger partial charge in [0.15, 0.2) is 0 Å². The average molecular weight is 939 g/mol. The zero-order chi connectivity index (χ0) is 49.3. The van der Waals surface area contributed by atoms with E-state index < -0.39 is 0 Å². The van der Waals surface area contributed by atoms with Crippen molar-refractivity contribution in [3.63, 3.8) is 0 Å². The van der Waals surface area contributed by atoms with Crippen LogP contribution >= 0.6 is 0 Å². The Labute approximate surface area is 431 Å². The third-order valence-corrected chi connectivity index (χ3v) is 15.6. The number of benzene rings is 14. The molecule has 14 aromatic rings. The molecule has 0 nitrogen and oxygen atoms in total. The lowest BCUT2D eigenvalue weighted by molar-refractivity contribution is 1.64. The van der Waals surface area contributed by atoms with E-state index in [1.807, 2.05) is 0 Å². The van der Waals surface area contributed by atoms with E-state index in [2.05, 4.69) is 281 Å². The lowest BCUT2D eigenvalue weighted by atomic mass is 9.81. The van der Waals surface area contributed by atoms with Gasteiger partial charge in [0.25, 0.3) is 0 Å². The Hall–Kier alpha value is -9.36. The van der Waals surface area contributed by atoms with Crippen molar-refractivity contribution in [3.8, 4) is 55.6 Å². The second-order valence-electron chi connectivity index (χ2n) is 19.7. The second-order valence-corrected chi connectivity index (χ2v) is 19.7. The van der Waals surface area contributed by atoms with E-state index in [0.29, 0.717) is 0 Å². The van der Waals surface area contributed by atoms with Crippen LogP contribution in [0.4, 0.5) is 0 Å². The highest BCUT2D eigenvalue weighted by Crippen LogP contribution is 2.51. The van der Waals surface area contributed by atoms with E-state index in [4.69, 9.17) is 0 Å². The minimum absolute atomic E-state index is 1.20. The Balaban J connectivity index is 1.13. The minimum Gasteiger partial charge on any atom is -0.0871 e. The molecule has 0 N–H and O–H groups in total. The molecule has 0 aliphatic heterocycles. The number of rotatable bonds is 7. The maximum absolute atomic E-state index is 2.51. The maximum Gasteiger partial charge on any atom is -0.00259 e. The second kappa shape index (κ2) is 17.7. The van der Waals surface area contributed by atoms with Crippen LogP contribution in [0, 0.1) is 0 Å². The van der Waals surface area contributed by atoms with Crippen molar-refractivity contribution in [1.29, 1.82) is 0 Å². The molecule has 14 rings (SSSR count). The lowest BCUT2D eigenvalue weighted by Gasteiger charge is -2.22. The molecule has 0 aliphatic carbocycles.